The number of hydrogen-bond acceptors (Lipinski definition) is 3. The average molecular weight is 157 g/mol. The van der Waals surface area contributed by atoms with Crippen LogP contribution in [0.5, 0.6) is 0 Å². The summed E-state index contributed by atoms with van der Waals surface area (Å²) in [5.41, 5.74) is 0. The van der Waals surface area contributed by atoms with Gasteiger partial charge in [0.05, 0.1) is 0 Å². The summed E-state index contributed by atoms with van der Waals surface area (Å²) in [7, 11) is 3.45. The molecular weight excluding hydrogens is 155 g/mol. The lowest BCUT2D eigenvalue weighted by atomic mass is 9.81. The first kappa shape index (κ1) is 8.54. The van der Waals surface area contributed by atoms with Gasteiger partial charge in [-0.3, -0.25) is 0 Å². The fourth-order valence-electron chi connectivity index (χ4n) is 0.531. The fourth-order valence-corrected chi connectivity index (χ4v) is 0.531. The Hall–Kier alpha value is -0.555. The zero-order valence-electron chi connectivity index (χ0n) is 5.31. The topological polar surface area (TPSA) is 27.3 Å². The maximum Gasteiger partial charge on any atom is 0.326 e. The van der Waals surface area contributed by atoms with Gasteiger partial charge < -0.3 is 15.0 Å². The van der Waals surface area contributed by atoms with E-state index in [-0.39, 0.29) is 0 Å². The highest BCUT2D eigenvalue weighted by Gasteiger charge is 2.20. The minimum absolute atomic E-state index is 0.593. The van der Waals surface area contributed by atoms with E-state index in [1.165, 1.54) is 7.55 Å². The maximum atomic E-state index is 12.3. The molecule has 1 aliphatic heterocycles. The van der Waals surface area contributed by atoms with Crippen molar-refractivity contribution in [3.05, 3.63) is 12.0 Å². The summed E-state index contributed by atoms with van der Waals surface area (Å²) >= 11 is 0. The standard InChI is InChI=1S/C2H2B3F3N3/c6-1(7)2(8)11-4-9-3-10-5-11/h9-10H. The van der Waals surface area contributed by atoms with Crippen molar-refractivity contribution in [3.8, 4) is 0 Å². The lowest BCUT2D eigenvalue weighted by Gasteiger charge is -2.24. The van der Waals surface area contributed by atoms with Crippen LogP contribution in [-0.2, 0) is 0 Å². The molecule has 9 heteroatoms. The maximum absolute atomic E-state index is 12.3. The molecule has 0 amide bonds. The van der Waals surface area contributed by atoms with Crippen LogP contribution in [0.25, 0.3) is 0 Å². The minimum Gasteiger partial charge on any atom is -0.413 e. The van der Waals surface area contributed by atoms with E-state index in [2.05, 4.69) is 10.3 Å². The van der Waals surface area contributed by atoms with Crippen molar-refractivity contribution in [1.82, 2.24) is 15.0 Å². The summed E-state index contributed by atoms with van der Waals surface area (Å²) < 4.78 is 36.0. The van der Waals surface area contributed by atoms with Crippen molar-refractivity contribution >= 4 is 22.6 Å². The largest absolute Gasteiger partial charge is 0.413 e. The molecule has 0 aromatic carbocycles. The summed E-state index contributed by atoms with van der Waals surface area (Å²) in [5, 5.41) is 4.79. The number of halogens is 3. The first-order valence-corrected chi connectivity index (χ1v) is 2.71. The molecule has 1 rings (SSSR count). The summed E-state index contributed by atoms with van der Waals surface area (Å²) in [4.78, 5) is 0. The Balaban J connectivity index is 2.52. The van der Waals surface area contributed by atoms with Gasteiger partial charge in [-0.15, -0.1) is 0 Å². The van der Waals surface area contributed by atoms with Gasteiger partial charge in [0.15, 0.2) is 0 Å². The third-order valence-electron chi connectivity index (χ3n) is 0.977. The summed E-state index contributed by atoms with van der Waals surface area (Å²) in [6, 6.07) is 0. The van der Waals surface area contributed by atoms with Gasteiger partial charge >= 0.3 is 21.2 Å². The SMILES string of the molecule is FC(F)=C(F)N1[B]N[B]N[B]1. The van der Waals surface area contributed by atoms with Gasteiger partial charge in [-0.05, 0) is 0 Å². The molecule has 0 saturated carbocycles. The molecule has 3 nitrogen and oxygen atoms in total. The van der Waals surface area contributed by atoms with Crippen LogP contribution in [0.15, 0.2) is 12.0 Å². The molecule has 0 atom stereocenters. The van der Waals surface area contributed by atoms with Crippen LogP contribution in [0.4, 0.5) is 13.2 Å². The van der Waals surface area contributed by atoms with E-state index in [1.54, 1.807) is 0 Å². The van der Waals surface area contributed by atoms with E-state index < -0.39 is 12.0 Å². The van der Waals surface area contributed by atoms with Crippen LogP contribution < -0.4 is 10.3 Å². The highest BCUT2D eigenvalue weighted by molar-refractivity contribution is 6.65. The molecule has 0 aliphatic carbocycles. The van der Waals surface area contributed by atoms with E-state index in [1.807, 2.05) is 0 Å². The van der Waals surface area contributed by atoms with Gasteiger partial charge in [-0.2, -0.15) is 13.2 Å². The molecule has 3 radical (unpaired) electrons. The van der Waals surface area contributed by atoms with Crippen molar-refractivity contribution in [2.45, 2.75) is 0 Å². The molecule has 55 valence electrons. The second kappa shape index (κ2) is 3.73. The number of nitrogens with zero attached hydrogens (tertiary/aromatic N) is 1. The zero-order valence-corrected chi connectivity index (χ0v) is 5.31. The summed E-state index contributed by atoms with van der Waals surface area (Å²) in [6.07, 6.45) is -2.36. The monoisotopic (exact) mass is 158 g/mol. The van der Waals surface area contributed by atoms with Crippen molar-refractivity contribution in [2.24, 2.45) is 0 Å². The predicted octanol–water partition coefficient (Wildman–Crippen LogP) is -0.881. The van der Waals surface area contributed by atoms with Gasteiger partial charge in [-0.1, -0.05) is 0 Å². The van der Waals surface area contributed by atoms with Crippen molar-refractivity contribution in [3.63, 3.8) is 0 Å². The van der Waals surface area contributed by atoms with Crippen LogP contribution in [0.1, 0.15) is 0 Å². The Kier molecular flexibility index (Phi) is 2.89. The van der Waals surface area contributed by atoms with Gasteiger partial charge in [0, 0.05) is 0 Å². The molecular formula is C2H2B3F3N3. The normalized spacial score (nSPS) is 16.1. The molecule has 11 heavy (non-hydrogen) atoms. The number of hydrogen-bond donors (Lipinski definition) is 2. The number of rotatable bonds is 1. The molecule has 0 bridgehead atoms. The van der Waals surface area contributed by atoms with Crippen LogP contribution >= 0.6 is 0 Å². The predicted molar refractivity (Wildman–Crippen MR) is 35.7 cm³/mol. The van der Waals surface area contributed by atoms with Crippen molar-refractivity contribution in [1.29, 1.82) is 0 Å². The van der Waals surface area contributed by atoms with Gasteiger partial charge in [0.2, 0.25) is 5.95 Å². The third kappa shape index (κ3) is 2.19. The van der Waals surface area contributed by atoms with Crippen molar-refractivity contribution in [2.75, 3.05) is 0 Å². The lowest BCUT2D eigenvalue weighted by molar-refractivity contribution is 0.346. The summed E-state index contributed by atoms with van der Waals surface area (Å²) in [6.45, 7) is 0. The van der Waals surface area contributed by atoms with Crippen LogP contribution in [0.2, 0.25) is 0 Å². The van der Waals surface area contributed by atoms with E-state index in [0.29, 0.717) is 4.72 Å². The molecule has 2 N–H and O–H groups in total. The van der Waals surface area contributed by atoms with Gasteiger partial charge in [0.25, 0.3) is 7.55 Å². The van der Waals surface area contributed by atoms with Crippen molar-refractivity contribution < 1.29 is 13.2 Å². The molecule has 0 spiro atoms. The Morgan fingerprint density at radius 1 is 1.09 bits per heavy atom. The van der Waals surface area contributed by atoms with Crippen LogP contribution in [-0.4, -0.2) is 27.4 Å². The lowest BCUT2D eigenvalue weighted by Crippen LogP contribution is -2.57. The van der Waals surface area contributed by atoms with E-state index in [4.69, 9.17) is 0 Å². The molecule has 0 aromatic heterocycles. The molecule has 1 heterocycles. The van der Waals surface area contributed by atoms with E-state index in [9.17, 15) is 13.2 Å². The molecule has 1 saturated heterocycles. The zero-order chi connectivity index (χ0) is 8.27. The quantitative estimate of drug-likeness (QED) is 0.382. The van der Waals surface area contributed by atoms with Gasteiger partial charge in [-0.25, -0.2) is 0 Å². The third-order valence-corrected chi connectivity index (χ3v) is 0.977. The smallest absolute Gasteiger partial charge is 0.326 e. The average Bonchev–Trinajstić information content (AvgIpc) is 2.05. The Bertz CT molecular complexity index is 165. The highest BCUT2D eigenvalue weighted by Crippen LogP contribution is 2.11. The first-order chi connectivity index (χ1) is 5.22. The van der Waals surface area contributed by atoms with E-state index in [0.717, 1.165) is 15.1 Å². The molecule has 0 unspecified atom stereocenters. The molecule has 1 fully saturated rings. The number of nitrogens with one attached hydrogen (secondary N) is 2. The second-order valence-corrected chi connectivity index (χ2v) is 1.69. The summed E-state index contributed by atoms with van der Waals surface area (Å²) in [5.74, 6) is -1.60. The highest BCUT2D eigenvalue weighted by atomic mass is 19.3. The van der Waals surface area contributed by atoms with Gasteiger partial charge in [0.1, 0.15) is 0 Å². The molecule has 0 aromatic rings. The van der Waals surface area contributed by atoms with Crippen LogP contribution in [0, 0.1) is 0 Å². The molecule has 1 aliphatic rings. The minimum atomic E-state index is -2.36. The van der Waals surface area contributed by atoms with E-state index >= 15 is 0 Å². The van der Waals surface area contributed by atoms with Crippen LogP contribution in [0.3, 0.4) is 0 Å². The fraction of sp³-hybridized carbons (Fsp3) is 0. The first-order valence-electron chi connectivity index (χ1n) is 2.71. The second-order valence-electron chi connectivity index (χ2n) is 1.69. The Labute approximate surface area is 63.9 Å². The Morgan fingerprint density at radius 3 is 2.09 bits per heavy atom. The Morgan fingerprint density at radius 2 is 1.64 bits per heavy atom.